The van der Waals surface area contributed by atoms with Crippen LogP contribution in [0, 0.1) is 11.6 Å². The molecule has 2 heterocycles. The summed E-state index contributed by atoms with van der Waals surface area (Å²) < 4.78 is 32.5. The van der Waals surface area contributed by atoms with Crippen molar-refractivity contribution in [1.29, 1.82) is 0 Å². The monoisotopic (exact) mass is 469 g/mol. The number of methoxy groups -OCH3 is 1. The molecule has 3 aliphatic rings. The number of urea groups is 1. The van der Waals surface area contributed by atoms with Gasteiger partial charge in [0.05, 0.1) is 7.11 Å². The van der Waals surface area contributed by atoms with E-state index in [1.54, 1.807) is 13.2 Å². The van der Waals surface area contributed by atoms with E-state index in [1.807, 2.05) is 17.0 Å². The summed E-state index contributed by atoms with van der Waals surface area (Å²) in [5.74, 6) is -0.816. The van der Waals surface area contributed by atoms with Crippen LogP contribution in [-0.2, 0) is 12.0 Å². The summed E-state index contributed by atoms with van der Waals surface area (Å²) in [5.41, 5.74) is 2.80. The number of carbonyl (C=O) groups excluding carboxylic acids is 1. The van der Waals surface area contributed by atoms with Gasteiger partial charge in [-0.2, -0.15) is 0 Å². The highest BCUT2D eigenvalue weighted by atomic mass is 19.2. The molecule has 2 aromatic carbocycles. The highest BCUT2D eigenvalue weighted by Crippen LogP contribution is 2.48. The number of hydrogen-bond donors (Lipinski definition) is 1. The van der Waals surface area contributed by atoms with Crippen LogP contribution in [0.1, 0.15) is 56.1 Å². The Kier molecular flexibility index (Phi) is 6.47. The SMILES string of the molecule is COc1ccc2c(c1)C1(CCN(Cc3ccc(F)c(F)c3)CC1)CN2C(=O)NC1CCCCC1. The van der Waals surface area contributed by atoms with Gasteiger partial charge in [-0.25, -0.2) is 13.6 Å². The van der Waals surface area contributed by atoms with Crippen LogP contribution in [0.15, 0.2) is 36.4 Å². The van der Waals surface area contributed by atoms with E-state index in [4.69, 9.17) is 4.74 Å². The van der Waals surface area contributed by atoms with E-state index in [9.17, 15) is 13.6 Å². The third-order valence-corrected chi connectivity index (χ3v) is 7.91. The molecular formula is C27H33F2N3O2. The summed E-state index contributed by atoms with van der Waals surface area (Å²) in [6.45, 7) is 2.90. The zero-order valence-corrected chi connectivity index (χ0v) is 19.8. The van der Waals surface area contributed by atoms with Crippen LogP contribution in [0.25, 0.3) is 0 Å². The van der Waals surface area contributed by atoms with Crippen LogP contribution in [0.5, 0.6) is 5.75 Å². The summed E-state index contributed by atoms with van der Waals surface area (Å²) in [4.78, 5) is 17.5. The van der Waals surface area contributed by atoms with Gasteiger partial charge in [0.25, 0.3) is 0 Å². The Hall–Kier alpha value is -2.67. The molecule has 2 fully saturated rings. The lowest BCUT2D eigenvalue weighted by molar-refractivity contribution is 0.159. The number of nitrogens with zero attached hydrogens (tertiary/aromatic N) is 2. The molecule has 1 spiro atoms. The minimum absolute atomic E-state index is 0.000547. The zero-order valence-electron chi connectivity index (χ0n) is 19.8. The second-order valence-corrected chi connectivity index (χ2v) is 10.1. The molecule has 0 aromatic heterocycles. The number of halogens is 2. The maximum Gasteiger partial charge on any atom is 0.322 e. The first-order chi connectivity index (χ1) is 16.5. The third kappa shape index (κ3) is 4.50. The van der Waals surface area contributed by atoms with Crippen LogP contribution in [-0.4, -0.2) is 43.7 Å². The number of amides is 2. The molecule has 34 heavy (non-hydrogen) atoms. The lowest BCUT2D eigenvalue weighted by Crippen LogP contribution is -2.49. The Balaban J connectivity index is 1.32. The first-order valence-electron chi connectivity index (χ1n) is 12.4. The minimum atomic E-state index is -0.815. The van der Waals surface area contributed by atoms with Gasteiger partial charge in [0.2, 0.25) is 0 Å². The number of likely N-dealkylation sites (tertiary alicyclic amines) is 1. The lowest BCUT2D eigenvalue weighted by Gasteiger charge is -2.40. The predicted octanol–water partition coefficient (Wildman–Crippen LogP) is 5.37. The third-order valence-electron chi connectivity index (χ3n) is 7.91. The summed E-state index contributed by atoms with van der Waals surface area (Å²) >= 11 is 0. The molecule has 0 radical (unpaired) electrons. The first-order valence-corrected chi connectivity index (χ1v) is 12.4. The number of anilines is 1. The molecule has 1 saturated carbocycles. The van der Waals surface area contributed by atoms with Gasteiger partial charge < -0.3 is 10.1 Å². The van der Waals surface area contributed by atoms with Gasteiger partial charge in [-0.15, -0.1) is 0 Å². The fraction of sp³-hybridized carbons (Fsp3) is 0.519. The van der Waals surface area contributed by atoms with Crippen molar-refractivity contribution in [2.24, 2.45) is 0 Å². The molecule has 0 bridgehead atoms. The summed E-state index contributed by atoms with van der Waals surface area (Å²) in [7, 11) is 1.67. The topological polar surface area (TPSA) is 44.8 Å². The van der Waals surface area contributed by atoms with Gasteiger partial charge in [-0.3, -0.25) is 9.80 Å². The van der Waals surface area contributed by atoms with Crippen LogP contribution in [0.3, 0.4) is 0 Å². The quantitative estimate of drug-likeness (QED) is 0.655. The molecule has 2 amide bonds. The van der Waals surface area contributed by atoms with E-state index in [2.05, 4.69) is 16.3 Å². The molecule has 182 valence electrons. The van der Waals surface area contributed by atoms with Crippen LogP contribution in [0.2, 0.25) is 0 Å². The molecule has 0 atom stereocenters. The van der Waals surface area contributed by atoms with Crippen molar-refractivity contribution in [2.75, 3.05) is 31.6 Å². The Morgan fingerprint density at radius 3 is 2.53 bits per heavy atom. The minimum Gasteiger partial charge on any atom is -0.497 e. The fourth-order valence-electron chi connectivity index (χ4n) is 5.92. The van der Waals surface area contributed by atoms with Gasteiger partial charge >= 0.3 is 6.03 Å². The Morgan fingerprint density at radius 1 is 1.06 bits per heavy atom. The van der Waals surface area contributed by atoms with Gasteiger partial charge in [0.15, 0.2) is 11.6 Å². The molecule has 2 aromatic rings. The van der Waals surface area contributed by atoms with Crippen LogP contribution >= 0.6 is 0 Å². The second-order valence-electron chi connectivity index (χ2n) is 10.1. The molecular weight excluding hydrogens is 436 g/mol. The van der Waals surface area contributed by atoms with Crippen molar-refractivity contribution in [2.45, 2.75) is 62.9 Å². The van der Waals surface area contributed by atoms with E-state index in [1.165, 1.54) is 37.0 Å². The second kappa shape index (κ2) is 9.53. The number of hydrogen-bond acceptors (Lipinski definition) is 3. The van der Waals surface area contributed by atoms with E-state index in [0.717, 1.165) is 55.8 Å². The fourth-order valence-corrected chi connectivity index (χ4v) is 5.92. The highest BCUT2D eigenvalue weighted by Gasteiger charge is 2.46. The average molecular weight is 470 g/mol. The first kappa shape index (κ1) is 23.1. The molecule has 5 nitrogen and oxygen atoms in total. The Labute approximate surface area is 200 Å². The van der Waals surface area contributed by atoms with Crippen molar-refractivity contribution in [3.05, 3.63) is 59.2 Å². The number of fused-ring (bicyclic) bond motifs is 2. The van der Waals surface area contributed by atoms with Crippen molar-refractivity contribution in [1.82, 2.24) is 10.2 Å². The number of nitrogens with one attached hydrogen (secondary N) is 1. The highest BCUT2D eigenvalue weighted by molar-refractivity contribution is 5.95. The van der Waals surface area contributed by atoms with Gasteiger partial charge in [-0.05, 0) is 80.2 Å². The number of benzene rings is 2. The molecule has 1 saturated heterocycles. The lowest BCUT2D eigenvalue weighted by atomic mass is 9.74. The number of ether oxygens (including phenoxy) is 1. The maximum atomic E-state index is 13.6. The average Bonchev–Trinajstić information content (AvgIpc) is 3.17. The van der Waals surface area contributed by atoms with E-state index in [0.29, 0.717) is 13.1 Å². The number of carbonyl (C=O) groups is 1. The molecule has 1 N–H and O–H groups in total. The zero-order chi connectivity index (χ0) is 23.7. The summed E-state index contributed by atoms with van der Waals surface area (Å²) in [6, 6.07) is 10.4. The van der Waals surface area contributed by atoms with Crippen molar-refractivity contribution in [3.63, 3.8) is 0 Å². The van der Waals surface area contributed by atoms with Crippen LogP contribution in [0.4, 0.5) is 19.3 Å². The predicted molar refractivity (Wildman–Crippen MR) is 128 cm³/mol. The number of piperidine rings is 1. The van der Waals surface area contributed by atoms with Crippen molar-refractivity contribution in [3.8, 4) is 5.75 Å². The van der Waals surface area contributed by atoms with E-state index in [-0.39, 0.29) is 17.5 Å². The van der Waals surface area contributed by atoms with Crippen LogP contribution < -0.4 is 15.0 Å². The van der Waals surface area contributed by atoms with Crippen molar-refractivity contribution >= 4 is 11.7 Å². The number of rotatable bonds is 4. The molecule has 5 rings (SSSR count). The summed E-state index contributed by atoms with van der Waals surface area (Å²) in [5, 5.41) is 3.28. The largest absolute Gasteiger partial charge is 0.497 e. The molecule has 2 aliphatic heterocycles. The molecule has 7 heteroatoms. The molecule has 1 aliphatic carbocycles. The summed E-state index contributed by atoms with van der Waals surface area (Å²) in [6.07, 6.45) is 7.50. The molecule has 0 unspecified atom stereocenters. The van der Waals surface area contributed by atoms with Crippen molar-refractivity contribution < 1.29 is 18.3 Å². The van der Waals surface area contributed by atoms with E-state index >= 15 is 0 Å². The normalized spacial score (nSPS) is 20.4. The standard InChI is InChI=1S/C27H33F2N3O2/c1-34-21-8-10-25-22(16-21)27(18-32(25)26(33)30-20-5-3-2-4-6-20)11-13-31(14-12-27)17-19-7-9-23(28)24(29)15-19/h7-10,15-16,20H,2-6,11-14,17-18H2,1H3,(H,30,33). The maximum absolute atomic E-state index is 13.6. The Bertz CT molecular complexity index is 1050. The van der Waals surface area contributed by atoms with Gasteiger partial charge in [0.1, 0.15) is 5.75 Å². The van der Waals surface area contributed by atoms with E-state index < -0.39 is 11.6 Å². The smallest absolute Gasteiger partial charge is 0.322 e. The van der Waals surface area contributed by atoms with Gasteiger partial charge in [0, 0.05) is 30.2 Å². The van der Waals surface area contributed by atoms with Gasteiger partial charge in [-0.1, -0.05) is 25.3 Å². The Morgan fingerprint density at radius 2 is 1.82 bits per heavy atom.